The maximum Gasteiger partial charge on any atom is 0.145 e. The van der Waals surface area contributed by atoms with Gasteiger partial charge in [-0.3, -0.25) is 0 Å². The molecule has 7 nitrogen and oxygen atoms in total. The molecule has 78 heavy (non-hydrogen) atoms. The Labute approximate surface area is 446 Å². The molecule has 0 amide bonds. The molecular formula is C71H42N6O. The van der Waals surface area contributed by atoms with Crippen LogP contribution in [-0.2, 0) is 5.41 Å². The number of hydrogen-bond acceptors (Lipinski definition) is 3. The van der Waals surface area contributed by atoms with Gasteiger partial charge >= 0.3 is 0 Å². The molecule has 1 aliphatic rings. The summed E-state index contributed by atoms with van der Waals surface area (Å²) < 4.78 is 15.9. The predicted octanol–water partition coefficient (Wildman–Crippen LogP) is 18.0. The number of hydrogen-bond donors (Lipinski definition) is 0. The molecule has 0 saturated carbocycles. The van der Waals surface area contributed by atoms with Crippen LogP contribution < -0.4 is 0 Å². The molecule has 0 atom stereocenters. The van der Waals surface area contributed by atoms with Crippen molar-refractivity contribution in [3.63, 3.8) is 0 Å². The van der Waals surface area contributed by atoms with Crippen molar-refractivity contribution in [3.8, 4) is 46.0 Å². The summed E-state index contributed by atoms with van der Waals surface area (Å²) in [7, 11) is 0. The highest BCUT2D eigenvalue weighted by atomic mass is 16.3. The lowest BCUT2D eigenvalue weighted by atomic mass is 9.82. The molecule has 1 aliphatic carbocycles. The summed E-state index contributed by atoms with van der Waals surface area (Å²) in [6.45, 7) is 4.60. The van der Waals surface area contributed by atoms with Crippen LogP contribution in [0.25, 0.3) is 143 Å². The van der Waals surface area contributed by atoms with Gasteiger partial charge in [0, 0.05) is 65.3 Å². The number of furan rings is 1. The number of nitrogens with zero attached hydrogens (tertiary/aromatic N) is 6. The largest absolute Gasteiger partial charge is 0.455 e. The minimum atomic E-state index is -0.279. The smallest absolute Gasteiger partial charge is 0.145 e. The quantitative estimate of drug-likeness (QED) is 0.176. The first kappa shape index (κ1) is 42.7. The maximum atomic E-state index is 11.6. The second kappa shape index (κ2) is 15.3. The Kier molecular flexibility index (Phi) is 8.36. The summed E-state index contributed by atoms with van der Waals surface area (Å²) in [6, 6.07) is 82.7. The highest BCUT2D eigenvalue weighted by molar-refractivity contribution is 6.24. The van der Waals surface area contributed by atoms with Crippen LogP contribution in [0.5, 0.6) is 0 Å². The predicted molar refractivity (Wildman–Crippen MR) is 318 cm³/mol. The van der Waals surface area contributed by atoms with E-state index in [9.17, 15) is 10.5 Å². The number of nitriles is 2. The Bertz CT molecular complexity index is 5360. The number of benzene rings is 11. The van der Waals surface area contributed by atoms with Gasteiger partial charge in [0.25, 0.3) is 0 Å². The van der Waals surface area contributed by atoms with E-state index >= 15 is 0 Å². The molecule has 0 bridgehead atoms. The highest BCUT2D eigenvalue weighted by Crippen LogP contribution is 2.52. The number of rotatable bonds is 4. The molecule has 362 valence electrons. The molecule has 11 aromatic carbocycles. The summed E-state index contributed by atoms with van der Waals surface area (Å²) in [5.41, 5.74) is 18.6. The molecule has 0 aliphatic heterocycles. The van der Waals surface area contributed by atoms with Crippen molar-refractivity contribution in [1.29, 1.82) is 10.5 Å². The van der Waals surface area contributed by atoms with Gasteiger partial charge in [0.05, 0.1) is 72.0 Å². The van der Waals surface area contributed by atoms with Crippen LogP contribution in [0.2, 0.25) is 0 Å². The van der Waals surface area contributed by atoms with Gasteiger partial charge in [0.2, 0.25) is 0 Å². The molecule has 17 rings (SSSR count). The van der Waals surface area contributed by atoms with Crippen molar-refractivity contribution in [1.82, 2.24) is 18.3 Å². The zero-order valence-electron chi connectivity index (χ0n) is 42.4. The lowest BCUT2D eigenvalue weighted by Crippen LogP contribution is -2.15. The summed E-state index contributed by atoms with van der Waals surface area (Å²) in [4.78, 5) is 0. The molecule has 5 aromatic heterocycles. The molecule has 0 radical (unpaired) electrons. The van der Waals surface area contributed by atoms with E-state index < -0.39 is 0 Å². The maximum absolute atomic E-state index is 11.6. The fourth-order valence-electron chi connectivity index (χ4n) is 13.8. The third kappa shape index (κ3) is 5.48. The van der Waals surface area contributed by atoms with Gasteiger partial charge in [-0.2, -0.15) is 10.5 Å². The lowest BCUT2D eigenvalue weighted by Gasteiger charge is -2.22. The minimum absolute atomic E-state index is 0.279. The van der Waals surface area contributed by atoms with Crippen LogP contribution in [0.3, 0.4) is 0 Å². The van der Waals surface area contributed by atoms with Crippen LogP contribution in [-0.4, -0.2) is 18.3 Å². The molecule has 5 heterocycles. The van der Waals surface area contributed by atoms with Gasteiger partial charge < -0.3 is 22.7 Å². The van der Waals surface area contributed by atoms with Gasteiger partial charge in [0.1, 0.15) is 23.3 Å². The van der Waals surface area contributed by atoms with E-state index in [-0.39, 0.29) is 5.41 Å². The second-order valence-corrected chi connectivity index (χ2v) is 21.4. The fraction of sp³-hybridized carbons (Fsp3) is 0.0423. The first-order valence-electron chi connectivity index (χ1n) is 26.4. The monoisotopic (exact) mass is 994 g/mol. The van der Waals surface area contributed by atoms with Crippen molar-refractivity contribution in [2.24, 2.45) is 0 Å². The van der Waals surface area contributed by atoms with E-state index in [4.69, 9.17) is 4.42 Å². The van der Waals surface area contributed by atoms with Crippen LogP contribution >= 0.6 is 0 Å². The van der Waals surface area contributed by atoms with Gasteiger partial charge in [-0.05, 0) is 125 Å². The second-order valence-electron chi connectivity index (χ2n) is 21.4. The summed E-state index contributed by atoms with van der Waals surface area (Å²) >= 11 is 0. The molecule has 0 fully saturated rings. The van der Waals surface area contributed by atoms with Crippen molar-refractivity contribution in [3.05, 3.63) is 241 Å². The van der Waals surface area contributed by atoms with E-state index in [1.165, 1.54) is 43.8 Å². The Morgan fingerprint density at radius 2 is 0.808 bits per heavy atom. The normalized spacial score (nSPS) is 13.1. The Morgan fingerprint density at radius 3 is 1.40 bits per heavy atom. The van der Waals surface area contributed by atoms with Crippen LogP contribution in [0, 0.1) is 22.7 Å². The number of para-hydroxylation sites is 5. The lowest BCUT2D eigenvalue weighted by molar-refractivity contribution is 0.661. The van der Waals surface area contributed by atoms with Crippen LogP contribution in [0.1, 0.15) is 36.1 Å². The zero-order valence-corrected chi connectivity index (χ0v) is 42.4. The average Bonchev–Trinajstić information content (AvgIpc) is 4.51. The van der Waals surface area contributed by atoms with Gasteiger partial charge in [-0.1, -0.05) is 129 Å². The van der Waals surface area contributed by atoms with Crippen molar-refractivity contribution < 1.29 is 4.42 Å². The van der Waals surface area contributed by atoms with Crippen LogP contribution in [0.15, 0.2) is 223 Å². The molecule has 0 unspecified atom stereocenters. The molecular weight excluding hydrogens is 953 g/mol. The van der Waals surface area contributed by atoms with Gasteiger partial charge in [0.15, 0.2) is 0 Å². The van der Waals surface area contributed by atoms with E-state index in [1.807, 2.05) is 30.3 Å². The number of fused-ring (bicyclic) bond motifs is 19. The standard InChI is InChI=1S/C71H42N6O/c1-71(2)56-21-9-3-15-45(56)52-37-54-53-35-43(74-58-22-10-4-16-46(58)47-17-5-11-23-59(47)74)27-30-62(53)77(67(54)38-57(52)71)66-34-41(39-72)65(33-42(66)40-73)76-63-31-28-44(75-60-24-12-6-18-48(60)49-19-7-13-25-61(49)75)36-55(63)69-64(76)32-29-51-50-20-8-14-26-68(50)78-70(51)69/h3-38H,1-2H3. The molecule has 0 saturated heterocycles. The van der Waals surface area contributed by atoms with Crippen LogP contribution in [0.4, 0.5) is 0 Å². The third-order valence-electron chi connectivity index (χ3n) is 17.2. The number of aromatic nitrogens is 4. The summed E-state index contributed by atoms with van der Waals surface area (Å²) in [5, 5.41) is 33.9. The fourth-order valence-corrected chi connectivity index (χ4v) is 13.8. The van der Waals surface area contributed by atoms with Gasteiger partial charge in [-0.25, -0.2) is 0 Å². The molecule has 16 aromatic rings. The summed E-state index contributed by atoms with van der Waals surface area (Å²) in [5.74, 6) is 0. The SMILES string of the molecule is CC1(C)c2ccccc2-c2cc3c4cc(-n5c6ccccc6c6ccccc65)ccc4n(-c4cc(C#N)c(-n5c6ccc(-n7c8ccccc8c8ccccc87)cc6c6c7oc8ccccc8c7ccc65)cc4C#N)c3cc21. The molecule has 7 heteroatoms. The average molecular weight is 995 g/mol. The zero-order chi connectivity index (χ0) is 51.7. The molecule has 0 spiro atoms. The van der Waals surface area contributed by atoms with Crippen molar-refractivity contribution in [2.75, 3.05) is 0 Å². The minimum Gasteiger partial charge on any atom is -0.455 e. The topological polar surface area (TPSA) is 80.4 Å². The molecule has 0 N–H and O–H groups in total. The highest BCUT2D eigenvalue weighted by Gasteiger charge is 2.36. The van der Waals surface area contributed by atoms with E-state index in [1.54, 1.807) is 0 Å². The van der Waals surface area contributed by atoms with Crippen molar-refractivity contribution in [2.45, 2.75) is 19.3 Å². The van der Waals surface area contributed by atoms with E-state index in [0.717, 1.165) is 99.0 Å². The first-order chi connectivity index (χ1) is 38.4. The van der Waals surface area contributed by atoms with Gasteiger partial charge in [-0.15, -0.1) is 0 Å². The Morgan fingerprint density at radius 1 is 0.346 bits per heavy atom. The van der Waals surface area contributed by atoms with Crippen molar-refractivity contribution >= 4 is 109 Å². The van der Waals surface area contributed by atoms with E-state index in [2.05, 4.69) is 232 Å². The summed E-state index contributed by atoms with van der Waals surface area (Å²) in [6.07, 6.45) is 0. The Balaban J connectivity index is 0.938. The first-order valence-corrected chi connectivity index (χ1v) is 26.4. The van der Waals surface area contributed by atoms with E-state index in [0.29, 0.717) is 22.5 Å². The Hall–Kier alpha value is -10.6. The third-order valence-corrected chi connectivity index (χ3v) is 17.2.